The topological polar surface area (TPSA) is 29.1 Å². The Hall–Kier alpha value is -0.0800. The van der Waals surface area contributed by atoms with E-state index in [2.05, 4.69) is 33.0 Å². The molecule has 3 heteroatoms. The predicted molar refractivity (Wildman–Crippen MR) is 52.8 cm³/mol. The molecule has 0 bridgehead atoms. The van der Waals surface area contributed by atoms with Gasteiger partial charge in [-0.25, -0.2) is 0 Å². The standard InChI is InChI=1S/C9H17NO.ClH/c1-8(2)5-7(11)6-9(3,4)10-8;/h10H,5-6H2,1-4H3;1H. The van der Waals surface area contributed by atoms with Crippen LogP contribution in [0.3, 0.4) is 0 Å². The highest BCUT2D eigenvalue weighted by atomic mass is 35.5. The SMILES string of the molecule is CC1(C)CC(=O)CC(C)(C)N1.Cl. The summed E-state index contributed by atoms with van der Waals surface area (Å²) in [5.74, 6) is 0.374. The largest absolute Gasteiger partial charge is 0.306 e. The lowest BCUT2D eigenvalue weighted by Gasteiger charge is -2.41. The van der Waals surface area contributed by atoms with Gasteiger partial charge in [-0.1, -0.05) is 0 Å². The van der Waals surface area contributed by atoms with Crippen molar-refractivity contribution in [3.05, 3.63) is 0 Å². The van der Waals surface area contributed by atoms with Crippen molar-refractivity contribution >= 4 is 18.2 Å². The molecule has 72 valence electrons. The summed E-state index contributed by atoms with van der Waals surface area (Å²) in [5.41, 5.74) is -0.0301. The molecule has 1 saturated heterocycles. The highest BCUT2D eigenvalue weighted by Crippen LogP contribution is 2.25. The molecule has 2 nitrogen and oxygen atoms in total. The molecular weight excluding hydrogens is 174 g/mol. The van der Waals surface area contributed by atoms with Crippen molar-refractivity contribution in [1.29, 1.82) is 0 Å². The molecule has 0 aromatic carbocycles. The quantitative estimate of drug-likeness (QED) is 0.634. The number of Topliss-reactive ketones (excluding diaryl/α,β-unsaturated/α-hetero) is 1. The van der Waals surface area contributed by atoms with E-state index >= 15 is 0 Å². The number of hydrogen-bond donors (Lipinski definition) is 1. The summed E-state index contributed by atoms with van der Waals surface area (Å²) in [6.07, 6.45) is 1.33. The normalized spacial score (nSPS) is 26.2. The van der Waals surface area contributed by atoms with Crippen molar-refractivity contribution in [2.45, 2.75) is 51.6 Å². The summed E-state index contributed by atoms with van der Waals surface area (Å²) >= 11 is 0. The average Bonchev–Trinajstić information content (AvgIpc) is 1.49. The summed E-state index contributed by atoms with van der Waals surface area (Å²) in [6.45, 7) is 8.30. The Kier molecular flexibility index (Phi) is 3.32. The number of hydrogen-bond acceptors (Lipinski definition) is 2. The van der Waals surface area contributed by atoms with E-state index < -0.39 is 0 Å². The number of nitrogens with one attached hydrogen (secondary N) is 1. The van der Waals surface area contributed by atoms with Gasteiger partial charge in [0.2, 0.25) is 0 Å². The van der Waals surface area contributed by atoms with Crippen molar-refractivity contribution in [2.75, 3.05) is 0 Å². The van der Waals surface area contributed by atoms with E-state index in [0.717, 1.165) is 0 Å². The minimum atomic E-state index is -0.0150. The molecule has 0 aromatic heterocycles. The summed E-state index contributed by atoms with van der Waals surface area (Å²) in [5, 5.41) is 3.44. The van der Waals surface area contributed by atoms with Gasteiger partial charge in [-0.2, -0.15) is 0 Å². The van der Waals surface area contributed by atoms with Crippen molar-refractivity contribution in [3.63, 3.8) is 0 Å². The van der Waals surface area contributed by atoms with Crippen LogP contribution in [-0.4, -0.2) is 16.9 Å². The third-order valence-corrected chi connectivity index (χ3v) is 1.95. The lowest BCUT2D eigenvalue weighted by molar-refractivity contribution is -0.124. The van der Waals surface area contributed by atoms with E-state index in [1.807, 2.05) is 0 Å². The average molecular weight is 192 g/mol. The van der Waals surface area contributed by atoms with Gasteiger partial charge >= 0.3 is 0 Å². The molecule has 0 spiro atoms. The van der Waals surface area contributed by atoms with Crippen LogP contribution >= 0.6 is 12.4 Å². The van der Waals surface area contributed by atoms with Crippen molar-refractivity contribution in [2.24, 2.45) is 0 Å². The molecule has 0 amide bonds. The predicted octanol–water partition coefficient (Wildman–Crippen LogP) is 1.92. The number of ketones is 1. The first-order valence-corrected chi connectivity index (χ1v) is 4.12. The molecule has 12 heavy (non-hydrogen) atoms. The summed E-state index contributed by atoms with van der Waals surface area (Å²) in [6, 6.07) is 0. The Bertz CT molecular complexity index is 169. The van der Waals surface area contributed by atoms with Crippen LogP contribution in [0.25, 0.3) is 0 Å². The van der Waals surface area contributed by atoms with Crippen LogP contribution in [0, 0.1) is 0 Å². The molecule has 0 atom stereocenters. The molecule has 0 aliphatic carbocycles. The summed E-state index contributed by atoms with van der Waals surface area (Å²) in [7, 11) is 0. The van der Waals surface area contributed by atoms with Gasteiger partial charge in [0.1, 0.15) is 5.78 Å². The highest BCUT2D eigenvalue weighted by molar-refractivity contribution is 5.85. The molecule has 1 N–H and O–H groups in total. The van der Waals surface area contributed by atoms with Gasteiger partial charge in [-0.3, -0.25) is 4.79 Å². The van der Waals surface area contributed by atoms with Crippen LogP contribution in [0.15, 0.2) is 0 Å². The van der Waals surface area contributed by atoms with Crippen LogP contribution in [0.5, 0.6) is 0 Å². The molecule has 1 heterocycles. The number of halogens is 1. The van der Waals surface area contributed by atoms with E-state index in [9.17, 15) is 4.79 Å². The third-order valence-electron chi connectivity index (χ3n) is 1.95. The Morgan fingerprint density at radius 1 is 1.08 bits per heavy atom. The van der Waals surface area contributed by atoms with Crippen molar-refractivity contribution < 1.29 is 4.79 Å². The first-order valence-electron chi connectivity index (χ1n) is 4.12. The molecule has 0 unspecified atom stereocenters. The van der Waals surface area contributed by atoms with E-state index in [0.29, 0.717) is 18.6 Å². The molecule has 1 aliphatic heterocycles. The maximum absolute atomic E-state index is 11.3. The number of carbonyl (C=O) groups excluding carboxylic acids is 1. The number of carbonyl (C=O) groups is 1. The summed E-state index contributed by atoms with van der Waals surface area (Å²) in [4.78, 5) is 11.3. The highest BCUT2D eigenvalue weighted by Gasteiger charge is 2.36. The van der Waals surface area contributed by atoms with Crippen LogP contribution < -0.4 is 5.32 Å². The maximum atomic E-state index is 11.3. The molecule has 0 saturated carbocycles. The first-order chi connectivity index (χ1) is 4.81. The number of rotatable bonds is 0. The monoisotopic (exact) mass is 191 g/mol. The molecule has 0 radical (unpaired) electrons. The Morgan fingerprint density at radius 2 is 1.42 bits per heavy atom. The maximum Gasteiger partial charge on any atom is 0.136 e. The van der Waals surface area contributed by atoms with Gasteiger partial charge in [0.25, 0.3) is 0 Å². The fourth-order valence-corrected chi connectivity index (χ4v) is 2.05. The smallest absolute Gasteiger partial charge is 0.136 e. The summed E-state index contributed by atoms with van der Waals surface area (Å²) < 4.78 is 0. The lowest BCUT2D eigenvalue weighted by Crippen LogP contribution is -2.58. The van der Waals surface area contributed by atoms with Gasteiger partial charge < -0.3 is 5.32 Å². The van der Waals surface area contributed by atoms with E-state index in [-0.39, 0.29) is 23.5 Å². The van der Waals surface area contributed by atoms with Crippen molar-refractivity contribution in [3.8, 4) is 0 Å². The van der Waals surface area contributed by atoms with Crippen LogP contribution in [0.4, 0.5) is 0 Å². The Labute approximate surface area is 80.5 Å². The lowest BCUT2D eigenvalue weighted by atomic mass is 9.82. The zero-order valence-electron chi connectivity index (χ0n) is 8.23. The van der Waals surface area contributed by atoms with Gasteiger partial charge in [0.15, 0.2) is 0 Å². The zero-order valence-corrected chi connectivity index (χ0v) is 9.05. The fraction of sp³-hybridized carbons (Fsp3) is 0.889. The van der Waals surface area contributed by atoms with Gasteiger partial charge in [-0.05, 0) is 27.7 Å². The Morgan fingerprint density at radius 3 is 1.67 bits per heavy atom. The minimum Gasteiger partial charge on any atom is -0.306 e. The third kappa shape index (κ3) is 3.11. The zero-order chi connectivity index (χ0) is 8.70. The second kappa shape index (κ2) is 3.35. The van der Waals surface area contributed by atoms with Crippen LogP contribution in [-0.2, 0) is 4.79 Å². The van der Waals surface area contributed by atoms with E-state index in [1.54, 1.807) is 0 Å². The van der Waals surface area contributed by atoms with Gasteiger partial charge in [0, 0.05) is 23.9 Å². The fourth-order valence-electron chi connectivity index (χ4n) is 2.05. The minimum absolute atomic E-state index is 0. The second-order valence-electron chi connectivity index (χ2n) is 4.78. The molecule has 1 fully saturated rings. The Balaban J connectivity index is 0.00000121. The van der Waals surface area contributed by atoms with Crippen molar-refractivity contribution in [1.82, 2.24) is 5.32 Å². The van der Waals surface area contributed by atoms with Crippen LogP contribution in [0.2, 0.25) is 0 Å². The molecule has 1 aliphatic rings. The first kappa shape index (κ1) is 11.9. The van der Waals surface area contributed by atoms with Gasteiger partial charge in [0.05, 0.1) is 0 Å². The second-order valence-corrected chi connectivity index (χ2v) is 4.78. The molecule has 1 rings (SSSR count). The number of piperidine rings is 1. The van der Waals surface area contributed by atoms with Gasteiger partial charge in [-0.15, -0.1) is 12.4 Å². The molecule has 0 aromatic rings. The van der Waals surface area contributed by atoms with Crippen LogP contribution in [0.1, 0.15) is 40.5 Å². The van der Waals surface area contributed by atoms with E-state index in [1.165, 1.54) is 0 Å². The molecular formula is C9H18ClNO. The van der Waals surface area contributed by atoms with E-state index in [4.69, 9.17) is 0 Å².